The molecule has 1 aliphatic rings. The van der Waals surface area contributed by atoms with Gasteiger partial charge in [-0.05, 0) is 25.0 Å². The van der Waals surface area contributed by atoms with Gasteiger partial charge in [0.25, 0.3) is 5.69 Å². The second-order valence-electron chi connectivity index (χ2n) is 4.79. The maximum atomic E-state index is 12.5. The van der Waals surface area contributed by atoms with Gasteiger partial charge in [0, 0.05) is 25.2 Å². The summed E-state index contributed by atoms with van der Waals surface area (Å²) in [5.41, 5.74) is 0.457. The Bertz CT molecular complexity index is 720. The molecule has 9 heteroatoms. The van der Waals surface area contributed by atoms with Crippen LogP contribution in [0.4, 0.5) is 0 Å². The molecule has 2 heterocycles. The average Bonchev–Trinajstić information content (AvgIpc) is 2.95. The van der Waals surface area contributed by atoms with Crippen molar-refractivity contribution in [3.63, 3.8) is 0 Å². The third kappa shape index (κ3) is 2.74. The molecule has 0 bridgehead atoms. The van der Waals surface area contributed by atoms with Gasteiger partial charge in [-0.1, -0.05) is 6.42 Å². The largest absolute Gasteiger partial charge is 0.523 e. The minimum absolute atomic E-state index is 0.222. The first-order chi connectivity index (χ1) is 10.1. The van der Waals surface area contributed by atoms with Gasteiger partial charge < -0.3 is 9.63 Å². The zero-order valence-electron chi connectivity index (χ0n) is 11.2. The highest BCUT2D eigenvalue weighted by Gasteiger charge is 2.26. The van der Waals surface area contributed by atoms with E-state index >= 15 is 0 Å². The Morgan fingerprint density at radius 2 is 1.81 bits per heavy atom. The normalized spacial score (nSPS) is 17.0. The van der Waals surface area contributed by atoms with E-state index in [0.717, 1.165) is 24.1 Å². The lowest BCUT2D eigenvalue weighted by atomic mass is 10.2. The van der Waals surface area contributed by atoms with Gasteiger partial charge >= 0.3 is 0 Å². The van der Waals surface area contributed by atoms with Crippen LogP contribution in [0, 0.1) is 0 Å². The van der Waals surface area contributed by atoms with E-state index in [4.69, 9.17) is 0 Å². The maximum Gasteiger partial charge on any atom is 0.269 e. The van der Waals surface area contributed by atoms with Crippen molar-refractivity contribution in [3.8, 4) is 11.8 Å². The molecule has 1 aromatic carbocycles. The fraction of sp³-hybridized carbons (Fsp3) is 0.417. The van der Waals surface area contributed by atoms with Crippen molar-refractivity contribution in [2.45, 2.75) is 24.2 Å². The molecule has 1 fully saturated rings. The summed E-state index contributed by atoms with van der Waals surface area (Å²) in [7, 11) is -3.46. The van der Waals surface area contributed by atoms with E-state index in [1.54, 1.807) is 0 Å². The molecular weight excluding hydrogens is 296 g/mol. The summed E-state index contributed by atoms with van der Waals surface area (Å²) in [6.07, 6.45) is 2.04. The Balaban J connectivity index is 1.86. The number of nitrogens with zero attached hydrogens (tertiary/aromatic N) is 4. The van der Waals surface area contributed by atoms with E-state index in [-0.39, 0.29) is 4.90 Å². The first-order valence-corrected chi connectivity index (χ1v) is 8.05. The van der Waals surface area contributed by atoms with Gasteiger partial charge in [-0.3, -0.25) is 0 Å². The van der Waals surface area contributed by atoms with Gasteiger partial charge in [0.15, 0.2) is 0 Å². The van der Waals surface area contributed by atoms with Crippen molar-refractivity contribution < 1.29 is 22.8 Å². The van der Waals surface area contributed by atoms with E-state index in [9.17, 15) is 13.5 Å². The highest BCUT2D eigenvalue weighted by atomic mass is 32.2. The molecule has 3 rings (SSSR count). The minimum atomic E-state index is -3.46. The van der Waals surface area contributed by atoms with Gasteiger partial charge in [0.2, 0.25) is 16.1 Å². The molecule has 0 unspecified atom stereocenters. The summed E-state index contributed by atoms with van der Waals surface area (Å²) < 4.78 is 30.8. The number of benzene rings is 1. The van der Waals surface area contributed by atoms with E-state index in [2.05, 4.69) is 14.9 Å². The van der Waals surface area contributed by atoms with Gasteiger partial charge in [0.1, 0.15) is 5.27 Å². The van der Waals surface area contributed by atoms with Gasteiger partial charge in [-0.2, -0.15) is 4.31 Å². The van der Waals surface area contributed by atoms with E-state index in [1.165, 1.54) is 28.6 Å². The zero-order chi connectivity index (χ0) is 14.9. The fourth-order valence-electron chi connectivity index (χ4n) is 2.30. The Labute approximate surface area is 121 Å². The van der Waals surface area contributed by atoms with Crippen LogP contribution in [0.3, 0.4) is 0 Å². The molecule has 0 atom stereocenters. The molecule has 1 aliphatic heterocycles. The number of aromatic nitrogens is 3. The Morgan fingerprint density at radius 3 is 2.38 bits per heavy atom. The number of hydrogen-bond donors (Lipinski definition) is 0. The molecule has 0 radical (unpaired) electrons. The molecule has 1 aromatic heterocycles. The summed E-state index contributed by atoms with van der Waals surface area (Å²) >= 11 is 0. The van der Waals surface area contributed by atoms with Crippen molar-refractivity contribution >= 4 is 10.0 Å². The molecule has 0 aliphatic carbocycles. The van der Waals surface area contributed by atoms with Crippen molar-refractivity contribution in [3.05, 3.63) is 24.3 Å². The third-order valence-electron chi connectivity index (χ3n) is 3.39. The van der Waals surface area contributed by atoms with Crippen molar-refractivity contribution in [2.75, 3.05) is 13.1 Å². The molecule has 112 valence electrons. The van der Waals surface area contributed by atoms with Crippen molar-refractivity contribution in [2.24, 2.45) is 0 Å². The van der Waals surface area contributed by atoms with Crippen LogP contribution in [0.15, 0.2) is 33.7 Å². The van der Waals surface area contributed by atoms with E-state index in [0.29, 0.717) is 18.8 Å². The number of piperidine rings is 1. The molecule has 0 saturated carbocycles. The standard InChI is InChI=1S/C12H14N4O4S/c17-12-13-16(14-20-12)10-4-6-11(7-5-10)21(18,19)15-8-2-1-3-9-15/h4-7H,1-3,8-9H2. The Morgan fingerprint density at radius 1 is 1.14 bits per heavy atom. The summed E-state index contributed by atoms with van der Waals surface area (Å²) in [5, 5.41) is 17.7. The lowest BCUT2D eigenvalue weighted by Crippen LogP contribution is -2.37. The SMILES string of the molecule is O=S(=O)(c1ccc(-[n+]2noc([O-])n2)cc1)N1CCCCC1. The van der Waals surface area contributed by atoms with Gasteiger partial charge in [0.05, 0.1) is 14.8 Å². The summed E-state index contributed by atoms with van der Waals surface area (Å²) in [5.74, 6) is 0. The summed E-state index contributed by atoms with van der Waals surface area (Å²) in [6.45, 7) is 1.12. The van der Waals surface area contributed by atoms with Crippen LogP contribution in [0.1, 0.15) is 19.3 Å². The van der Waals surface area contributed by atoms with Gasteiger partial charge in [-0.15, -0.1) is 0 Å². The number of sulfonamides is 1. The predicted octanol–water partition coefficient (Wildman–Crippen LogP) is -0.406. The number of hydrogen-bond acceptors (Lipinski definition) is 6. The Hall–Kier alpha value is -2.00. The number of rotatable bonds is 3. The van der Waals surface area contributed by atoms with Crippen LogP contribution in [0.5, 0.6) is 6.08 Å². The van der Waals surface area contributed by atoms with Crippen LogP contribution in [0.2, 0.25) is 0 Å². The van der Waals surface area contributed by atoms with Crippen molar-refractivity contribution in [1.29, 1.82) is 0 Å². The van der Waals surface area contributed by atoms with E-state index < -0.39 is 16.1 Å². The molecule has 21 heavy (non-hydrogen) atoms. The fourth-order valence-corrected chi connectivity index (χ4v) is 3.82. The second kappa shape index (κ2) is 5.41. The second-order valence-corrected chi connectivity index (χ2v) is 6.72. The highest BCUT2D eigenvalue weighted by Crippen LogP contribution is 2.20. The molecule has 0 spiro atoms. The van der Waals surface area contributed by atoms with Crippen molar-refractivity contribution in [1.82, 2.24) is 14.7 Å². The maximum absolute atomic E-state index is 12.5. The van der Waals surface area contributed by atoms with Gasteiger partial charge in [-0.25, -0.2) is 8.42 Å². The quantitative estimate of drug-likeness (QED) is 0.714. The molecule has 0 amide bonds. The first-order valence-electron chi connectivity index (χ1n) is 6.61. The summed E-state index contributed by atoms with van der Waals surface area (Å²) in [6, 6.07) is 6.03. The first kappa shape index (κ1) is 14.0. The Kier molecular flexibility index (Phi) is 3.60. The van der Waals surface area contributed by atoms with Crippen LogP contribution >= 0.6 is 0 Å². The molecule has 8 nitrogen and oxygen atoms in total. The predicted molar refractivity (Wildman–Crippen MR) is 67.9 cm³/mol. The lowest BCUT2D eigenvalue weighted by molar-refractivity contribution is -0.726. The monoisotopic (exact) mass is 310 g/mol. The minimum Gasteiger partial charge on any atom is -0.523 e. The lowest BCUT2D eigenvalue weighted by Gasteiger charge is -2.25. The van der Waals surface area contributed by atoms with Crippen LogP contribution in [-0.4, -0.2) is 36.2 Å². The molecule has 2 aromatic rings. The third-order valence-corrected chi connectivity index (χ3v) is 5.31. The molecule has 1 saturated heterocycles. The van der Waals surface area contributed by atoms with Crippen LogP contribution < -0.4 is 9.90 Å². The molecular formula is C12H14N4O4S. The average molecular weight is 310 g/mol. The molecule has 0 N–H and O–H groups in total. The smallest absolute Gasteiger partial charge is 0.269 e. The zero-order valence-corrected chi connectivity index (χ0v) is 12.0. The summed E-state index contributed by atoms with van der Waals surface area (Å²) in [4.78, 5) is 1.24. The van der Waals surface area contributed by atoms with Crippen LogP contribution in [0.25, 0.3) is 5.69 Å². The highest BCUT2D eigenvalue weighted by molar-refractivity contribution is 7.89. The van der Waals surface area contributed by atoms with Crippen LogP contribution in [-0.2, 0) is 10.0 Å². The van der Waals surface area contributed by atoms with E-state index in [1.807, 2.05) is 0 Å². The topological polar surface area (TPSA) is 103 Å².